The molecule has 1 saturated heterocycles. The van der Waals surface area contributed by atoms with Crippen LogP contribution >= 0.6 is 11.8 Å². The summed E-state index contributed by atoms with van der Waals surface area (Å²) >= 11 is 1.89. The van der Waals surface area contributed by atoms with Crippen molar-refractivity contribution in [1.82, 2.24) is 5.32 Å². The van der Waals surface area contributed by atoms with E-state index in [9.17, 15) is 4.79 Å². The fourth-order valence-corrected chi connectivity index (χ4v) is 3.40. The average molecular weight is 328 g/mol. The predicted octanol–water partition coefficient (Wildman–Crippen LogP) is 3.51. The van der Waals surface area contributed by atoms with Gasteiger partial charge < -0.3 is 15.4 Å². The summed E-state index contributed by atoms with van der Waals surface area (Å²) in [5.74, 6) is 3.63. The van der Waals surface area contributed by atoms with Crippen LogP contribution in [0.25, 0.3) is 0 Å². The number of hydrogen-bond donors (Lipinski definition) is 2. The van der Waals surface area contributed by atoms with E-state index in [0.717, 1.165) is 29.5 Å². The maximum atomic E-state index is 12.1. The van der Waals surface area contributed by atoms with Crippen molar-refractivity contribution in [3.8, 4) is 11.5 Å². The number of nitrogens with one attached hydrogen (secondary N) is 2. The minimum Gasteiger partial charge on any atom is -0.457 e. The summed E-state index contributed by atoms with van der Waals surface area (Å²) in [6.45, 7) is 0.975. The highest BCUT2D eigenvalue weighted by Gasteiger charge is 2.16. The third-order valence-electron chi connectivity index (χ3n) is 3.53. The molecule has 2 aromatic carbocycles. The number of carbonyl (C=O) groups is 1. The first-order valence-electron chi connectivity index (χ1n) is 7.73. The topological polar surface area (TPSA) is 50.4 Å². The predicted molar refractivity (Wildman–Crippen MR) is 95.3 cm³/mol. The number of benzene rings is 2. The Bertz CT molecular complexity index is 642. The summed E-state index contributed by atoms with van der Waals surface area (Å²) in [6.07, 6.45) is 0.497. The van der Waals surface area contributed by atoms with Gasteiger partial charge in [0.25, 0.3) is 0 Å². The molecule has 1 amide bonds. The van der Waals surface area contributed by atoms with Crippen LogP contribution in [0.2, 0.25) is 0 Å². The van der Waals surface area contributed by atoms with Crippen molar-refractivity contribution in [2.75, 3.05) is 23.4 Å². The summed E-state index contributed by atoms with van der Waals surface area (Å²) in [5.41, 5.74) is 0.756. The first kappa shape index (κ1) is 15.9. The molecule has 2 aromatic rings. The molecule has 0 aliphatic carbocycles. The van der Waals surface area contributed by atoms with Crippen LogP contribution in [-0.4, -0.2) is 30.0 Å². The Morgan fingerprint density at radius 3 is 2.78 bits per heavy atom. The molecule has 3 rings (SSSR count). The minimum atomic E-state index is 0.0295. The first-order chi connectivity index (χ1) is 11.3. The Morgan fingerprint density at radius 2 is 2.00 bits per heavy atom. The van der Waals surface area contributed by atoms with Gasteiger partial charge in [-0.2, -0.15) is 11.8 Å². The molecular weight excluding hydrogens is 308 g/mol. The van der Waals surface area contributed by atoms with Crippen molar-refractivity contribution in [2.24, 2.45) is 0 Å². The van der Waals surface area contributed by atoms with Gasteiger partial charge in [-0.3, -0.25) is 4.79 Å². The summed E-state index contributed by atoms with van der Waals surface area (Å²) < 4.78 is 5.78. The molecule has 1 aliphatic rings. The number of amides is 1. The van der Waals surface area contributed by atoms with Gasteiger partial charge in [-0.05, 0) is 24.3 Å². The normalized spacial score (nSPS) is 17.5. The SMILES string of the molecule is O=C(CC1CSCCN1)Nc1cccc(Oc2ccccc2)c1. The van der Waals surface area contributed by atoms with Gasteiger partial charge in [0.1, 0.15) is 11.5 Å². The molecule has 0 bridgehead atoms. The maximum Gasteiger partial charge on any atom is 0.225 e. The van der Waals surface area contributed by atoms with E-state index in [1.165, 1.54) is 0 Å². The van der Waals surface area contributed by atoms with E-state index in [1.54, 1.807) is 0 Å². The van der Waals surface area contributed by atoms with E-state index < -0.39 is 0 Å². The van der Waals surface area contributed by atoms with Crippen molar-refractivity contribution >= 4 is 23.4 Å². The lowest BCUT2D eigenvalue weighted by Gasteiger charge is -2.22. The maximum absolute atomic E-state index is 12.1. The van der Waals surface area contributed by atoms with Gasteiger partial charge in [0.05, 0.1) is 0 Å². The highest BCUT2D eigenvalue weighted by molar-refractivity contribution is 7.99. The van der Waals surface area contributed by atoms with Crippen molar-refractivity contribution in [3.63, 3.8) is 0 Å². The van der Waals surface area contributed by atoms with Gasteiger partial charge in [0, 0.05) is 42.3 Å². The second-order valence-electron chi connectivity index (χ2n) is 5.42. The van der Waals surface area contributed by atoms with Crippen LogP contribution < -0.4 is 15.4 Å². The monoisotopic (exact) mass is 328 g/mol. The molecule has 23 heavy (non-hydrogen) atoms. The molecule has 0 saturated carbocycles. The van der Waals surface area contributed by atoms with Gasteiger partial charge in [-0.1, -0.05) is 24.3 Å². The largest absolute Gasteiger partial charge is 0.457 e. The summed E-state index contributed by atoms with van der Waals surface area (Å²) in [7, 11) is 0. The average Bonchev–Trinajstić information content (AvgIpc) is 2.57. The molecule has 4 nitrogen and oxygen atoms in total. The molecule has 0 aromatic heterocycles. The van der Waals surface area contributed by atoms with Gasteiger partial charge in [-0.15, -0.1) is 0 Å². The van der Waals surface area contributed by atoms with E-state index in [-0.39, 0.29) is 11.9 Å². The number of hydrogen-bond acceptors (Lipinski definition) is 4. The molecule has 1 atom stereocenters. The summed E-state index contributed by atoms with van der Waals surface area (Å²) in [5, 5.41) is 6.32. The van der Waals surface area contributed by atoms with E-state index >= 15 is 0 Å². The van der Waals surface area contributed by atoms with Crippen LogP contribution in [0.15, 0.2) is 54.6 Å². The van der Waals surface area contributed by atoms with Gasteiger partial charge in [0.2, 0.25) is 5.91 Å². The molecule has 120 valence electrons. The van der Waals surface area contributed by atoms with E-state index in [1.807, 2.05) is 66.4 Å². The molecule has 1 unspecified atom stereocenters. The number of carbonyl (C=O) groups excluding carboxylic acids is 1. The first-order valence-corrected chi connectivity index (χ1v) is 8.89. The van der Waals surface area contributed by atoms with Gasteiger partial charge in [-0.25, -0.2) is 0 Å². The van der Waals surface area contributed by atoms with Crippen molar-refractivity contribution in [3.05, 3.63) is 54.6 Å². The highest BCUT2D eigenvalue weighted by atomic mass is 32.2. The fourth-order valence-electron chi connectivity index (χ4n) is 2.45. The zero-order chi connectivity index (χ0) is 15.9. The molecular formula is C18H20N2O2S. The smallest absolute Gasteiger partial charge is 0.225 e. The Kier molecular flexibility index (Phi) is 5.56. The second-order valence-corrected chi connectivity index (χ2v) is 6.57. The zero-order valence-electron chi connectivity index (χ0n) is 12.8. The van der Waals surface area contributed by atoms with E-state index in [2.05, 4.69) is 10.6 Å². The van der Waals surface area contributed by atoms with E-state index in [0.29, 0.717) is 12.2 Å². The molecule has 1 fully saturated rings. The van der Waals surface area contributed by atoms with Crippen LogP contribution in [0, 0.1) is 0 Å². The number of para-hydroxylation sites is 1. The lowest BCUT2D eigenvalue weighted by molar-refractivity contribution is -0.116. The van der Waals surface area contributed by atoms with Crippen LogP contribution in [0.5, 0.6) is 11.5 Å². The van der Waals surface area contributed by atoms with Crippen LogP contribution in [0.4, 0.5) is 5.69 Å². The third kappa shape index (κ3) is 5.01. The highest BCUT2D eigenvalue weighted by Crippen LogP contribution is 2.24. The van der Waals surface area contributed by atoms with Crippen molar-refractivity contribution in [2.45, 2.75) is 12.5 Å². The Hall–Kier alpha value is -1.98. The standard InChI is InChI=1S/C18H20N2O2S/c21-18(12-15-13-23-10-9-19-15)20-14-5-4-8-17(11-14)22-16-6-2-1-3-7-16/h1-8,11,15,19H,9-10,12-13H2,(H,20,21). The molecule has 5 heteroatoms. The fraction of sp³-hybridized carbons (Fsp3) is 0.278. The lowest BCUT2D eigenvalue weighted by atomic mass is 10.2. The summed E-state index contributed by atoms with van der Waals surface area (Å²) in [6, 6.07) is 17.3. The van der Waals surface area contributed by atoms with E-state index in [4.69, 9.17) is 4.74 Å². The quantitative estimate of drug-likeness (QED) is 0.882. The molecule has 1 heterocycles. The molecule has 2 N–H and O–H groups in total. The Morgan fingerprint density at radius 1 is 1.17 bits per heavy atom. The second kappa shape index (κ2) is 8.04. The van der Waals surface area contributed by atoms with Crippen molar-refractivity contribution in [1.29, 1.82) is 0 Å². The summed E-state index contributed by atoms with van der Waals surface area (Å²) in [4.78, 5) is 12.1. The van der Waals surface area contributed by atoms with Crippen LogP contribution in [0.3, 0.4) is 0 Å². The number of thioether (sulfide) groups is 1. The molecule has 0 radical (unpaired) electrons. The molecule has 0 spiro atoms. The van der Waals surface area contributed by atoms with Crippen LogP contribution in [-0.2, 0) is 4.79 Å². The number of rotatable bonds is 5. The number of ether oxygens (including phenoxy) is 1. The lowest BCUT2D eigenvalue weighted by Crippen LogP contribution is -2.39. The zero-order valence-corrected chi connectivity index (χ0v) is 13.6. The number of anilines is 1. The van der Waals surface area contributed by atoms with Crippen molar-refractivity contribution < 1.29 is 9.53 Å². The minimum absolute atomic E-state index is 0.0295. The van der Waals surface area contributed by atoms with Crippen LogP contribution in [0.1, 0.15) is 6.42 Å². The Balaban J connectivity index is 1.57. The molecule has 1 aliphatic heterocycles. The van der Waals surface area contributed by atoms with Gasteiger partial charge >= 0.3 is 0 Å². The van der Waals surface area contributed by atoms with Gasteiger partial charge in [0.15, 0.2) is 0 Å². The third-order valence-corrected chi connectivity index (χ3v) is 4.66. The Labute approximate surface area is 140 Å².